The summed E-state index contributed by atoms with van der Waals surface area (Å²) in [6.45, 7) is 3.95. The van der Waals surface area contributed by atoms with E-state index in [0.29, 0.717) is 5.95 Å². The fourth-order valence-corrected chi connectivity index (χ4v) is 3.26. The van der Waals surface area contributed by atoms with E-state index >= 15 is 0 Å². The lowest BCUT2D eigenvalue weighted by atomic mass is 10.0. The lowest BCUT2D eigenvalue weighted by molar-refractivity contribution is 0.715. The predicted molar refractivity (Wildman–Crippen MR) is 100 cm³/mol. The van der Waals surface area contributed by atoms with Crippen molar-refractivity contribution in [3.8, 4) is 0 Å². The van der Waals surface area contributed by atoms with Gasteiger partial charge in [0.2, 0.25) is 5.95 Å². The van der Waals surface area contributed by atoms with Crippen LogP contribution in [0, 0.1) is 0 Å². The Kier molecular flexibility index (Phi) is 4.29. The van der Waals surface area contributed by atoms with E-state index in [1.54, 1.807) is 6.20 Å². The molecule has 2 heterocycles. The average Bonchev–Trinajstić information content (AvgIpc) is 2.68. The van der Waals surface area contributed by atoms with Gasteiger partial charge < -0.3 is 10.2 Å². The van der Waals surface area contributed by atoms with Gasteiger partial charge in [-0.3, -0.25) is 0 Å². The SMILES string of the molecule is CCc1ccccc1Nc1nncc(N2CCc3ccccc3C2)n1. The van der Waals surface area contributed by atoms with Crippen molar-refractivity contribution in [3.63, 3.8) is 0 Å². The molecule has 5 nitrogen and oxygen atoms in total. The number of para-hydroxylation sites is 1. The number of aromatic nitrogens is 3. The Labute approximate surface area is 147 Å². The van der Waals surface area contributed by atoms with Gasteiger partial charge in [0.05, 0.1) is 6.20 Å². The molecule has 1 N–H and O–H groups in total. The molecular weight excluding hydrogens is 310 g/mol. The van der Waals surface area contributed by atoms with Crippen LogP contribution in [0.4, 0.5) is 17.5 Å². The first-order chi connectivity index (χ1) is 12.3. The monoisotopic (exact) mass is 331 g/mol. The Morgan fingerprint density at radius 1 is 1.04 bits per heavy atom. The fraction of sp³-hybridized carbons (Fsp3) is 0.250. The number of hydrogen-bond donors (Lipinski definition) is 1. The summed E-state index contributed by atoms with van der Waals surface area (Å²) in [5.74, 6) is 1.40. The first-order valence-corrected chi connectivity index (χ1v) is 8.70. The lowest BCUT2D eigenvalue weighted by Gasteiger charge is -2.29. The molecule has 0 aliphatic carbocycles. The van der Waals surface area contributed by atoms with Gasteiger partial charge in [-0.05, 0) is 35.6 Å². The molecule has 0 amide bonds. The van der Waals surface area contributed by atoms with E-state index in [1.165, 1.54) is 16.7 Å². The Morgan fingerprint density at radius 2 is 1.84 bits per heavy atom. The molecule has 3 aromatic rings. The van der Waals surface area contributed by atoms with Gasteiger partial charge in [-0.1, -0.05) is 49.4 Å². The summed E-state index contributed by atoms with van der Waals surface area (Å²) < 4.78 is 0. The molecule has 0 fully saturated rings. The molecule has 2 aromatic carbocycles. The molecule has 0 atom stereocenters. The third-order valence-electron chi connectivity index (χ3n) is 4.65. The highest BCUT2D eigenvalue weighted by Crippen LogP contribution is 2.24. The molecule has 0 saturated carbocycles. The van der Waals surface area contributed by atoms with Crippen LogP contribution >= 0.6 is 0 Å². The van der Waals surface area contributed by atoms with Gasteiger partial charge in [-0.2, -0.15) is 10.1 Å². The number of nitrogens with one attached hydrogen (secondary N) is 1. The van der Waals surface area contributed by atoms with Gasteiger partial charge in [0, 0.05) is 18.8 Å². The third-order valence-corrected chi connectivity index (χ3v) is 4.65. The van der Waals surface area contributed by atoms with Crippen molar-refractivity contribution in [1.29, 1.82) is 0 Å². The minimum atomic E-state index is 0.539. The largest absolute Gasteiger partial charge is 0.350 e. The summed E-state index contributed by atoms with van der Waals surface area (Å²) in [5.41, 5.74) is 5.06. The van der Waals surface area contributed by atoms with Crippen molar-refractivity contribution in [2.75, 3.05) is 16.8 Å². The maximum Gasteiger partial charge on any atom is 0.249 e. The second-order valence-electron chi connectivity index (χ2n) is 6.21. The maximum atomic E-state index is 4.68. The first kappa shape index (κ1) is 15.6. The number of rotatable bonds is 4. The van der Waals surface area contributed by atoms with Crippen LogP contribution in [0.1, 0.15) is 23.6 Å². The number of fused-ring (bicyclic) bond motifs is 1. The summed E-state index contributed by atoms with van der Waals surface area (Å²) >= 11 is 0. The highest BCUT2D eigenvalue weighted by atomic mass is 15.3. The van der Waals surface area contributed by atoms with Crippen molar-refractivity contribution >= 4 is 17.5 Å². The number of hydrogen-bond acceptors (Lipinski definition) is 5. The van der Waals surface area contributed by atoms with Gasteiger partial charge in [0.15, 0.2) is 5.82 Å². The van der Waals surface area contributed by atoms with Crippen LogP contribution in [0.25, 0.3) is 0 Å². The van der Waals surface area contributed by atoms with Gasteiger partial charge in [-0.15, -0.1) is 5.10 Å². The smallest absolute Gasteiger partial charge is 0.249 e. The predicted octanol–water partition coefficient (Wildman–Crippen LogP) is 3.74. The van der Waals surface area contributed by atoms with Crippen LogP contribution in [0.2, 0.25) is 0 Å². The Hall–Kier alpha value is -2.95. The van der Waals surface area contributed by atoms with Gasteiger partial charge in [0.25, 0.3) is 0 Å². The number of benzene rings is 2. The summed E-state index contributed by atoms with van der Waals surface area (Å²) in [5, 5.41) is 11.6. The number of nitrogens with zero attached hydrogens (tertiary/aromatic N) is 4. The van der Waals surface area contributed by atoms with Gasteiger partial charge in [-0.25, -0.2) is 0 Å². The third kappa shape index (κ3) is 3.31. The van der Waals surface area contributed by atoms with Crippen LogP contribution < -0.4 is 10.2 Å². The Balaban J connectivity index is 1.56. The Morgan fingerprint density at radius 3 is 2.72 bits per heavy atom. The second kappa shape index (κ2) is 6.89. The van der Waals surface area contributed by atoms with Crippen molar-refractivity contribution in [3.05, 3.63) is 71.4 Å². The molecule has 5 heteroatoms. The second-order valence-corrected chi connectivity index (χ2v) is 6.21. The zero-order valence-electron chi connectivity index (χ0n) is 14.3. The molecule has 0 saturated heterocycles. The molecule has 0 unspecified atom stereocenters. The molecule has 126 valence electrons. The van der Waals surface area contributed by atoms with Crippen molar-refractivity contribution < 1.29 is 0 Å². The minimum absolute atomic E-state index is 0.539. The van der Waals surface area contributed by atoms with Gasteiger partial charge in [0.1, 0.15) is 0 Å². The molecule has 0 radical (unpaired) electrons. The van der Waals surface area contributed by atoms with Crippen molar-refractivity contribution in [2.24, 2.45) is 0 Å². The van der Waals surface area contributed by atoms with E-state index in [4.69, 9.17) is 0 Å². The fourth-order valence-electron chi connectivity index (χ4n) is 3.26. The van der Waals surface area contributed by atoms with Crippen molar-refractivity contribution in [1.82, 2.24) is 15.2 Å². The van der Waals surface area contributed by atoms with E-state index < -0.39 is 0 Å². The van der Waals surface area contributed by atoms with E-state index in [2.05, 4.69) is 62.7 Å². The van der Waals surface area contributed by atoms with E-state index in [1.807, 2.05) is 18.2 Å². The van der Waals surface area contributed by atoms with Crippen LogP contribution in [0.15, 0.2) is 54.7 Å². The quantitative estimate of drug-likeness (QED) is 0.789. The normalized spacial score (nSPS) is 13.4. The van der Waals surface area contributed by atoms with E-state index in [-0.39, 0.29) is 0 Å². The number of anilines is 3. The van der Waals surface area contributed by atoms with Crippen LogP contribution in [0.3, 0.4) is 0 Å². The van der Waals surface area contributed by atoms with Crippen LogP contribution in [-0.2, 0) is 19.4 Å². The molecule has 0 spiro atoms. The highest BCUT2D eigenvalue weighted by molar-refractivity contribution is 5.59. The van der Waals surface area contributed by atoms with E-state index in [0.717, 1.165) is 37.4 Å². The summed E-state index contributed by atoms with van der Waals surface area (Å²) in [6, 6.07) is 16.8. The van der Waals surface area contributed by atoms with Crippen LogP contribution in [0.5, 0.6) is 0 Å². The van der Waals surface area contributed by atoms with Crippen molar-refractivity contribution in [2.45, 2.75) is 26.3 Å². The summed E-state index contributed by atoms with van der Waals surface area (Å²) in [6.07, 6.45) is 3.73. The van der Waals surface area contributed by atoms with Gasteiger partial charge >= 0.3 is 0 Å². The van der Waals surface area contributed by atoms with Crippen LogP contribution in [-0.4, -0.2) is 21.7 Å². The molecule has 1 aromatic heterocycles. The molecule has 4 rings (SSSR count). The Bertz CT molecular complexity index is 877. The topological polar surface area (TPSA) is 53.9 Å². The molecule has 25 heavy (non-hydrogen) atoms. The standard InChI is InChI=1S/C20H21N5/c1-2-15-7-5-6-10-18(15)22-20-23-19(13-21-24-20)25-12-11-16-8-3-4-9-17(16)14-25/h3-10,13H,2,11-12,14H2,1H3,(H,22,23,24). The number of aryl methyl sites for hydroxylation is 1. The maximum absolute atomic E-state index is 4.68. The zero-order chi connectivity index (χ0) is 17.1. The molecule has 1 aliphatic rings. The minimum Gasteiger partial charge on any atom is -0.350 e. The molecular formula is C20H21N5. The molecule has 0 bridgehead atoms. The molecule has 1 aliphatic heterocycles. The summed E-state index contributed by atoms with van der Waals surface area (Å²) in [4.78, 5) is 6.94. The lowest BCUT2D eigenvalue weighted by Crippen LogP contribution is -2.31. The first-order valence-electron chi connectivity index (χ1n) is 8.70. The zero-order valence-corrected chi connectivity index (χ0v) is 14.3. The van der Waals surface area contributed by atoms with E-state index in [9.17, 15) is 0 Å². The summed E-state index contributed by atoms with van der Waals surface area (Å²) in [7, 11) is 0. The average molecular weight is 331 g/mol. The highest BCUT2D eigenvalue weighted by Gasteiger charge is 2.18.